The number of rotatable bonds is 6. The second kappa shape index (κ2) is 5.95. The molecule has 0 aromatic rings. The van der Waals surface area contributed by atoms with Crippen LogP contribution >= 0.6 is 0 Å². The first-order chi connectivity index (χ1) is 6.72. The smallest absolute Gasteiger partial charge is 0.317 e. The van der Waals surface area contributed by atoms with Crippen LogP contribution in [-0.4, -0.2) is 59.9 Å². The summed E-state index contributed by atoms with van der Waals surface area (Å²) in [5, 5.41) is 20.7. The zero-order valence-corrected chi connectivity index (χ0v) is 8.28. The van der Waals surface area contributed by atoms with Gasteiger partial charge in [-0.15, -0.1) is 0 Å². The van der Waals surface area contributed by atoms with Gasteiger partial charge in [0.25, 0.3) is 0 Å². The van der Waals surface area contributed by atoms with Gasteiger partial charge >= 0.3 is 5.97 Å². The Kier molecular flexibility index (Phi) is 4.86. The van der Waals surface area contributed by atoms with Crippen LogP contribution in [0.25, 0.3) is 0 Å². The molecular weight excluding hydrogens is 184 g/mol. The molecule has 1 atom stereocenters. The molecule has 1 fully saturated rings. The molecule has 0 radical (unpaired) electrons. The van der Waals surface area contributed by atoms with Crippen LogP contribution in [0.15, 0.2) is 0 Å². The largest absolute Gasteiger partial charge is 0.480 e. The number of aliphatic carboxylic acids is 1. The maximum absolute atomic E-state index is 10.5. The van der Waals surface area contributed by atoms with Crippen LogP contribution < -0.4 is 5.32 Å². The fourth-order valence-electron chi connectivity index (χ4n) is 1.79. The summed E-state index contributed by atoms with van der Waals surface area (Å²) in [5.74, 6) is -0.837. The molecule has 3 N–H and O–H groups in total. The zero-order chi connectivity index (χ0) is 10.4. The van der Waals surface area contributed by atoms with Crippen LogP contribution in [0.1, 0.15) is 12.8 Å². The number of hydrogen-bond donors (Lipinski definition) is 3. The summed E-state index contributed by atoms with van der Waals surface area (Å²) in [6.45, 7) is 2.20. The first kappa shape index (κ1) is 11.4. The molecule has 82 valence electrons. The molecule has 0 aromatic carbocycles. The summed E-state index contributed by atoms with van der Waals surface area (Å²) in [6.07, 6.45) is 2.26. The van der Waals surface area contributed by atoms with Crippen molar-refractivity contribution in [3.05, 3.63) is 0 Å². The Morgan fingerprint density at radius 1 is 1.57 bits per heavy atom. The molecule has 5 heteroatoms. The highest BCUT2D eigenvalue weighted by molar-refractivity contribution is 5.69. The molecule has 0 amide bonds. The quantitative estimate of drug-likeness (QED) is 0.521. The number of hydrogen-bond acceptors (Lipinski definition) is 4. The van der Waals surface area contributed by atoms with Gasteiger partial charge in [0.05, 0.1) is 13.2 Å². The van der Waals surface area contributed by atoms with Crippen LogP contribution in [0.4, 0.5) is 0 Å². The minimum atomic E-state index is -0.837. The van der Waals surface area contributed by atoms with Gasteiger partial charge in [0.1, 0.15) is 0 Å². The summed E-state index contributed by atoms with van der Waals surface area (Å²) in [7, 11) is 0. The highest BCUT2D eigenvalue weighted by Gasteiger charge is 2.18. The molecule has 1 rings (SSSR count). The summed E-state index contributed by atoms with van der Waals surface area (Å²) in [6, 6.07) is 0.390. The van der Waals surface area contributed by atoms with Gasteiger partial charge in [-0.2, -0.15) is 0 Å². The summed E-state index contributed by atoms with van der Waals surface area (Å²) in [4.78, 5) is 12.3. The van der Waals surface area contributed by atoms with Crippen molar-refractivity contribution >= 4 is 5.97 Å². The van der Waals surface area contributed by atoms with Crippen molar-refractivity contribution in [3.8, 4) is 0 Å². The van der Waals surface area contributed by atoms with Crippen LogP contribution in [0.2, 0.25) is 0 Å². The van der Waals surface area contributed by atoms with Crippen LogP contribution in [0.3, 0.4) is 0 Å². The van der Waals surface area contributed by atoms with Crippen molar-refractivity contribution in [2.24, 2.45) is 0 Å². The van der Waals surface area contributed by atoms with Crippen molar-refractivity contribution in [1.29, 1.82) is 0 Å². The molecule has 0 saturated carbocycles. The van der Waals surface area contributed by atoms with Gasteiger partial charge in [0, 0.05) is 19.1 Å². The fourth-order valence-corrected chi connectivity index (χ4v) is 1.79. The molecule has 0 spiro atoms. The van der Waals surface area contributed by atoms with Gasteiger partial charge in [-0.3, -0.25) is 9.69 Å². The third-order valence-electron chi connectivity index (χ3n) is 2.42. The van der Waals surface area contributed by atoms with Crippen molar-refractivity contribution in [3.63, 3.8) is 0 Å². The Bertz CT molecular complexity index is 181. The normalized spacial score (nSPS) is 21.7. The number of carboxylic acids is 1. The highest BCUT2D eigenvalue weighted by Crippen LogP contribution is 2.06. The van der Waals surface area contributed by atoms with Gasteiger partial charge in [0.2, 0.25) is 0 Å². The summed E-state index contributed by atoms with van der Waals surface area (Å²) >= 11 is 0. The molecule has 1 aliphatic rings. The second-order valence-electron chi connectivity index (χ2n) is 3.65. The summed E-state index contributed by atoms with van der Waals surface area (Å²) in [5.41, 5.74) is 0. The van der Waals surface area contributed by atoms with Crippen molar-refractivity contribution in [2.45, 2.75) is 18.9 Å². The molecule has 14 heavy (non-hydrogen) atoms. The fraction of sp³-hybridized carbons (Fsp3) is 0.889. The Morgan fingerprint density at radius 3 is 2.86 bits per heavy atom. The number of carbonyl (C=O) groups is 1. The number of nitrogens with one attached hydrogen (secondary N) is 1. The van der Waals surface area contributed by atoms with Crippen molar-refractivity contribution in [2.75, 3.05) is 32.8 Å². The minimum Gasteiger partial charge on any atom is -0.480 e. The maximum atomic E-state index is 10.5. The van der Waals surface area contributed by atoms with Gasteiger partial charge in [-0.25, -0.2) is 0 Å². The van der Waals surface area contributed by atoms with Crippen molar-refractivity contribution < 1.29 is 15.0 Å². The average molecular weight is 202 g/mol. The monoisotopic (exact) mass is 202 g/mol. The maximum Gasteiger partial charge on any atom is 0.317 e. The van der Waals surface area contributed by atoms with E-state index in [4.69, 9.17) is 10.2 Å². The van der Waals surface area contributed by atoms with E-state index in [-0.39, 0.29) is 13.2 Å². The molecule has 1 heterocycles. The van der Waals surface area contributed by atoms with E-state index in [2.05, 4.69) is 5.32 Å². The van der Waals surface area contributed by atoms with Crippen molar-refractivity contribution in [1.82, 2.24) is 10.2 Å². The van der Waals surface area contributed by atoms with Gasteiger partial charge in [-0.1, -0.05) is 0 Å². The Balaban J connectivity index is 2.29. The van der Waals surface area contributed by atoms with E-state index in [1.807, 2.05) is 0 Å². The van der Waals surface area contributed by atoms with E-state index < -0.39 is 5.97 Å². The number of aliphatic hydroxyl groups is 1. The van der Waals surface area contributed by atoms with E-state index in [1.165, 1.54) is 0 Å². The lowest BCUT2D eigenvalue weighted by atomic mass is 10.2. The molecule has 0 aromatic heterocycles. The lowest BCUT2D eigenvalue weighted by Crippen LogP contribution is -2.41. The summed E-state index contributed by atoms with van der Waals surface area (Å²) < 4.78 is 0. The molecule has 5 nitrogen and oxygen atoms in total. The molecule has 0 aliphatic carbocycles. The molecule has 1 saturated heterocycles. The van der Waals surface area contributed by atoms with Gasteiger partial charge in [0.15, 0.2) is 0 Å². The minimum absolute atomic E-state index is 0.0126. The van der Waals surface area contributed by atoms with E-state index in [1.54, 1.807) is 4.90 Å². The predicted octanol–water partition coefficient (Wildman–Crippen LogP) is -0.883. The van der Waals surface area contributed by atoms with E-state index in [0.29, 0.717) is 19.1 Å². The standard InChI is InChI=1S/C9H18N2O3/c12-5-4-11(7-9(13)14)6-8-2-1-3-10-8/h8,10,12H,1-7H2,(H,13,14). The number of aliphatic hydroxyl groups excluding tert-OH is 1. The van der Waals surface area contributed by atoms with Crippen LogP contribution in [-0.2, 0) is 4.79 Å². The Labute approximate surface area is 83.7 Å². The lowest BCUT2D eigenvalue weighted by molar-refractivity contribution is -0.138. The Morgan fingerprint density at radius 2 is 2.36 bits per heavy atom. The molecule has 0 bridgehead atoms. The number of carboxylic acid groups (broad SMARTS) is 1. The van der Waals surface area contributed by atoms with E-state index in [0.717, 1.165) is 19.4 Å². The topological polar surface area (TPSA) is 72.8 Å². The lowest BCUT2D eigenvalue weighted by Gasteiger charge is -2.22. The Hall–Kier alpha value is -0.650. The van der Waals surface area contributed by atoms with Crippen LogP contribution in [0, 0.1) is 0 Å². The van der Waals surface area contributed by atoms with Gasteiger partial charge in [-0.05, 0) is 19.4 Å². The molecule has 1 unspecified atom stereocenters. The van der Waals surface area contributed by atoms with Crippen LogP contribution in [0.5, 0.6) is 0 Å². The average Bonchev–Trinajstić information content (AvgIpc) is 2.56. The third kappa shape index (κ3) is 4.04. The SMILES string of the molecule is O=C(O)CN(CCO)CC1CCCN1. The third-order valence-corrected chi connectivity index (χ3v) is 2.42. The highest BCUT2D eigenvalue weighted by atomic mass is 16.4. The molecule has 1 aliphatic heterocycles. The zero-order valence-electron chi connectivity index (χ0n) is 8.28. The van der Waals surface area contributed by atoms with Gasteiger partial charge < -0.3 is 15.5 Å². The van der Waals surface area contributed by atoms with E-state index in [9.17, 15) is 4.79 Å². The first-order valence-electron chi connectivity index (χ1n) is 5.00. The second-order valence-corrected chi connectivity index (χ2v) is 3.65. The van der Waals surface area contributed by atoms with E-state index >= 15 is 0 Å². The number of nitrogens with zero attached hydrogens (tertiary/aromatic N) is 1. The predicted molar refractivity (Wildman–Crippen MR) is 52.2 cm³/mol. The molecular formula is C9H18N2O3. The first-order valence-corrected chi connectivity index (χ1v) is 5.00.